The monoisotopic (exact) mass is 372 g/mol. The van der Waals surface area contributed by atoms with E-state index in [-0.39, 0.29) is 12.1 Å². The van der Waals surface area contributed by atoms with Crippen molar-refractivity contribution in [3.8, 4) is 22.4 Å². The summed E-state index contributed by atoms with van der Waals surface area (Å²) in [5, 5.41) is 3.58. The molecule has 0 saturated heterocycles. The van der Waals surface area contributed by atoms with Gasteiger partial charge >= 0.3 is 0 Å². The third kappa shape index (κ3) is 3.87. The van der Waals surface area contributed by atoms with Gasteiger partial charge in [-0.1, -0.05) is 43.3 Å². The second-order valence-corrected chi connectivity index (χ2v) is 6.78. The molecule has 3 N–H and O–H groups in total. The Kier molecular flexibility index (Phi) is 5.30. The maximum absolute atomic E-state index is 5.90. The van der Waals surface area contributed by atoms with Crippen molar-refractivity contribution >= 4 is 11.8 Å². The van der Waals surface area contributed by atoms with Crippen LogP contribution in [0.3, 0.4) is 0 Å². The van der Waals surface area contributed by atoms with E-state index in [0.29, 0.717) is 0 Å². The predicted octanol–water partition coefficient (Wildman–Crippen LogP) is 3.81. The highest BCUT2D eigenvalue weighted by Crippen LogP contribution is 2.30. The average molecular weight is 372 g/mol. The Morgan fingerprint density at radius 3 is 2.64 bits per heavy atom. The van der Waals surface area contributed by atoms with E-state index in [1.807, 2.05) is 24.3 Å². The topological polar surface area (TPSA) is 80.0 Å². The zero-order valence-electron chi connectivity index (χ0n) is 15.9. The van der Waals surface area contributed by atoms with E-state index in [9.17, 15) is 0 Å². The van der Waals surface area contributed by atoms with Crippen LogP contribution in [0.25, 0.3) is 22.4 Å². The Labute approximate surface area is 165 Å². The Morgan fingerprint density at radius 1 is 1.07 bits per heavy atom. The molecule has 3 heterocycles. The SMILES string of the molecule is CCC(Nc1nc(N)ncc1-c1cccc(-c2ccccn2)c1)N1CC=CC1. The van der Waals surface area contributed by atoms with Crippen molar-refractivity contribution in [3.63, 3.8) is 0 Å². The fraction of sp³-hybridized carbons (Fsp3) is 0.227. The van der Waals surface area contributed by atoms with Gasteiger partial charge in [-0.25, -0.2) is 4.98 Å². The largest absolute Gasteiger partial charge is 0.368 e. The fourth-order valence-corrected chi connectivity index (χ4v) is 3.45. The van der Waals surface area contributed by atoms with Gasteiger partial charge in [0.05, 0.1) is 11.9 Å². The average Bonchev–Trinajstić information content (AvgIpc) is 3.27. The summed E-state index contributed by atoms with van der Waals surface area (Å²) >= 11 is 0. The van der Waals surface area contributed by atoms with E-state index >= 15 is 0 Å². The molecule has 1 unspecified atom stereocenters. The molecule has 1 atom stereocenters. The zero-order chi connectivity index (χ0) is 19.3. The van der Waals surface area contributed by atoms with Crippen molar-refractivity contribution < 1.29 is 0 Å². The molecule has 2 aromatic heterocycles. The summed E-state index contributed by atoms with van der Waals surface area (Å²) in [4.78, 5) is 15.6. The van der Waals surface area contributed by atoms with Crippen molar-refractivity contribution in [2.75, 3.05) is 24.1 Å². The lowest BCUT2D eigenvalue weighted by atomic mass is 10.0. The van der Waals surface area contributed by atoms with Crippen LogP contribution in [-0.2, 0) is 0 Å². The summed E-state index contributed by atoms with van der Waals surface area (Å²) in [5.74, 6) is 1.02. The minimum Gasteiger partial charge on any atom is -0.368 e. The second-order valence-electron chi connectivity index (χ2n) is 6.78. The Hall–Kier alpha value is -3.25. The second kappa shape index (κ2) is 8.19. The molecule has 0 bridgehead atoms. The molecule has 0 aliphatic carbocycles. The van der Waals surface area contributed by atoms with Crippen LogP contribution in [0.1, 0.15) is 13.3 Å². The molecule has 0 fully saturated rings. The first-order chi connectivity index (χ1) is 13.7. The molecule has 6 nitrogen and oxygen atoms in total. The van der Waals surface area contributed by atoms with Crippen LogP contribution in [0.4, 0.5) is 11.8 Å². The van der Waals surface area contributed by atoms with Crippen molar-refractivity contribution in [1.29, 1.82) is 0 Å². The van der Waals surface area contributed by atoms with Gasteiger partial charge in [0.15, 0.2) is 0 Å². The number of hydrogen-bond donors (Lipinski definition) is 2. The number of hydrogen-bond acceptors (Lipinski definition) is 6. The van der Waals surface area contributed by atoms with Gasteiger partial charge in [-0.15, -0.1) is 0 Å². The number of nitrogen functional groups attached to an aromatic ring is 1. The van der Waals surface area contributed by atoms with E-state index in [1.165, 1.54) is 0 Å². The molecule has 28 heavy (non-hydrogen) atoms. The van der Waals surface area contributed by atoms with Gasteiger partial charge in [-0.2, -0.15) is 4.98 Å². The third-order valence-corrected chi connectivity index (χ3v) is 4.92. The standard InChI is InChI=1S/C22H24N6/c1-2-20(28-12-5-6-13-28)26-21-18(15-25-22(23)27-21)16-8-7-9-17(14-16)19-10-3-4-11-24-19/h3-11,14-15,20H,2,12-13H2,1H3,(H3,23,25,26,27). The number of anilines is 2. The summed E-state index contributed by atoms with van der Waals surface area (Å²) in [6, 6.07) is 14.2. The lowest BCUT2D eigenvalue weighted by molar-refractivity contribution is 0.271. The highest BCUT2D eigenvalue weighted by atomic mass is 15.3. The molecule has 1 aliphatic heterocycles. The molecule has 0 spiro atoms. The summed E-state index contributed by atoms with van der Waals surface area (Å²) < 4.78 is 0. The molecule has 142 valence electrons. The molecule has 0 radical (unpaired) electrons. The summed E-state index contributed by atoms with van der Waals surface area (Å²) in [6.45, 7) is 4.05. The van der Waals surface area contributed by atoms with E-state index in [2.05, 4.69) is 62.4 Å². The smallest absolute Gasteiger partial charge is 0.221 e. The van der Waals surface area contributed by atoms with Crippen LogP contribution in [-0.4, -0.2) is 39.1 Å². The van der Waals surface area contributed by atoms with Crippen molar-refractivity contribution in [3.05, 3.63) is 67.0 Å². The highest BCUT2D eigenvalue weighted by molar-refractivity contribution is 5.78. The van der Waals surface area contributed by atoms with Crippen molar-refractivity contribution in [1.82, 2.24) is 19.9 Å². The lowest BCUT2D eigenvalue weighted by Gasteiger charge is -2.28. The first-order valence-electron chi connectivity index (χ1n) is 9.54. The number of nitrogens with one attached hydrogen (secondary N) is 1. The minimum absolute atomic E-state index is 0.182. The predicted molar refractivity (Wildman–Crippen MR) is 114 cm³/mol. The Balaban J connectivity index is 1.68. The normalized spacial score (nSPS) is 14.9. The summed E-state index contributed by atoms with van der Waals surface area (Å²) in [7, 11) is 0. The molecule has 1 aromatic carbocycles. The number of rotatable bonds is 6. The molecule has 1 aliphatic rings. The van der Waals surface area contributed by atoms with E-state index in [1.54, 1.807) is 12.4 Å². The van der Waals surface area contributed by atoms with Crippen LogP contribution < -0.4 is 11.1 Å². The van der Waals surface area contributed by atoms with E-state index in [4.69, 9.17) is 5.73 Å². The molecule has 0 saturated carbocycles. The van der Waals surface area contributed by atoms with Crippen LogP contribution >= 0.6 is 0 Å². The van der Waals surface area contributed by atoms with Crippen molar-refractivity contribution in [2.45, 2.75) is 19.5 Å². The van der Waals surface area contributed by atoms with Gasteiger partial charge < -0.3 is 11.1 Å². The van der Waals surface area contributed by atoms with Gasteiger partial charge in [-0.3, -0.25) is 9.88 Å². The Bertz CT molecular complexity index is 962. The first-order valence-corrected chi connectivity index (χ1v) is 9.54. The van der Waals surface area contributed by atoms with Crippen molar-refractivity contribution in [2.24, 2.45) is 0 Å². The number of nitrogens with two attached hydrogens (primary N) is 1. The van der Waals surface area contributed by atoms with Crippen LogP contribution in [0.15, 0.2) is 67.0 Å². The number of benzene rings is 1. The van der Waals surface area contributed by atoms with Gasteiger partial charge in [0, 0.05) is 36.6 Å². The maximum atomic E-state index is 5.90. The quantitative estimate of drug-likeness (QED) is 0.641. The van der Waals surface area contributed by atoms with Crippen LogP contribution in [0.2, 0.25) is 0 Å². The van der Waals surface area contributed by atoms with E-state index in [0.717, 1.165) is 47.7 Å². The molecular formula is C22H24N6. The van der Waals surface area contributed by atoms with Crippen LogP contribution in [0.5, 0.6) is 0 Å². The number of pyridine rings is 1. The number of nitrogens with zero attached hydrogens (tertiary/aromatic N) is 4. The Morgan fingerprint density at radius 2 is 1.89 bits per heavy atom. The third-order valence-electron chi connectivity index (χ3n) is 4.92. The molecule has 4 rings (SSSR count). The number of aromatic nitrogens is 3. The fourth-order valence-electron chi connectivity index (χ4n) is 3.45. The first kappa shape index (κ1) is 18.1. The maximum Gasteiger partial charge on any atom is 0.221 e. The van der Waals surface area contributed by atoms with Gasteiger partial charge in [0.2, 0.25) is 5.95 Å². The molecule has 6 heteroatoms. The molecular weight excluding hydrogens is 348 g/mol. The van der Waals surface area contributed by atoms with Gasteiger partial charge in [0.25, 0.3) is 0 Å². The zero-order valence-corrected chi connectivity index (χ0v) is 15.9. The van der Waals surface area contributed by atoms with Gasteiger partial charge in [-0.05, 0) is 30.2 Å². The highest BCUT2D eigenvalue weighted by Gasteiger charge is 2.20. The molecule has 0 amide bonds. The summed E-state index contributed by atoms with van der Waals surface area (Å²) in [5.41, 5.74) is 9.84. The summed E-state index contributed by atoms with van der Waals surface area (Å²) in [6.07, 6.45) is 9.11. The van der Waals surface area contributed by atoms with Crippen LogP contribution in [0, 0.1) is 0 Å². The van der Waals surface area contributed by atoms with Gasteiger partial charge in [0.1, 0.15) is 5.82 Å². The minimum atomic E-state index is 0.182. The van der Waals surface area contributed by atoms with E-state index < -0.39 is 0 Å². The molecule has 3 aromatic rings. The lowest BCUT2D eigenvalue weighted by Crippen LogP contribution is -2.39.